The van der Waals surface area contributed by atoms with E-state index in [1.54, 1.807) is 11.1 Å². The van der Waals surface area contributed by atoms with Gasteiger partial charge in [0.05, 0.1) is 6.33 Å². The molecule has 0 unspecified atom stereocenters. The van der Waals surface area contributed by atoms with E-state index in [-0.39, 0.29) is 6.09 Å². The average molecular weight is 313 g/mol. The minimum absolute atomic E-state index is 0.233. The van der Waals surface area contributed by atoms with Crippen LogP contribution in [0.15, 0.2) is 36.9 Å². The third kappa shape index (κ3) is 3.92. The van der Waals surface area contributed by atoms with Gasteiger partial charge in [-0.2, -0.15) is 0 Å². The molecule has 0 fully saturated rings. The molecule has 5 nitrogen and oxygen atoms in total. The van der Waals surface area contributed by atoms with Gasteiger partial charge in [-0.05, 0) is 43.9 Å². The fourth-order valence-electron chi connectivity index (χ4n) is 2.78. The monoisotopic (exact) mass is 313 g/mol. The van der Waals surface area contributed by atoms with Crippen molar-refractivity contribution in [1.82, 2.24) is 14.5 Å². The maximum Gasteiger partial charge on any atom is 0.410 e. The van der Waals surface area contributed by atoms with Crippen molar-refractivity contribution >= 4 is 6.09 Å². The van der Waals surface area contributed by atoms with E-state index in [4.69, 9.17) is 4.74 Å². The maximum atomic E-state index is 12.3. The van der Waals surface area contributed by atoms with Gasteiger partial charge in [-0.25, -0.2) is 9.78 Å². The number of carbonyl (C=O) groups excluding carboxylic acids is 1. The fourth-order valence-corrected chi connectivity index (χ4v) is 2.78. The second-order valence-electron chi connectivity index (χ2n) is 6.99. The van der Waals surface area contributed by atoms with Gasteiger partial charge in [0.2, 0.25) is 0 Å². The van der Waals surface area contributed by atoms with E-state index >= 15 is 0 Å². The molecule has 3 rings (SSSR count). The van der Waals surface area contributed by atoms with Crippen LogP contribution in [-0.2, 0) is 24.2 Å². The summed E-state index contributed by atoms with van der Waals surface area (Å²) in [5, 5.41) is 0. The quantitative estimate of drug-likeness (QED) is 0.855. The molecule has 5 heteroatoms. The zero-order chi connectivity index (χ0) is 16.4. The molecule has 2 heterocycles. The van der Waals surface area contributed by atoms with Crippen LogP contribution in [0.5, 0.6) is 0 Å². The summed E-state index contributed by atoms with van der Waals surface area (Å²) in [5.41, 5.74) is 3.28. The molecule has 0 atom stereocenters. The van der Waals surface area contributed by atoms with Crippen LogP contribution in [0, 0.1) is 0 Å². The molecular weight excluding hydrogens is 290 g/mol. The molecule has 1 aromatic heterocycles. The molecule has 1 aliphatic rings. The summed E-state index contributed by atoms with van der Waals surface area (Å²) in [6, 6.07) is 6.52. The van der Waals surface area contributed by atoms with E-state index in [1.807, 2.05) is 37.9 Å². The molecule has 23 heavy (non-hydrogen) atoms. The van der Waals surface area contributed by atoms with Gasteiger partial charge < -0.3 is 14.2 Å². The Morgan fingerprint density at radius 3 is 2.83 bits per heavy atom. The molecule has 1 amide bonds. The minimum Gasteiger partial charge on any atom is -0.444 e. The van der Waals surface area contributed by atoms with Crippen molar-refractivity contribution in [2.75, 3.05) is 6.54 Å². The van der Waals surface area contributed by atoms with Crippen LogP contribution in [0.2, 0.25) is 0 Å². The number of amides is 1. The number of rotatable bonds is 2. The third-order valence-electron chi connectivity index (χ3n) is 3.86. The van der Waals surface area contributed by atoms with Gasteiger partial charge in [0.25, 0.3) is 0 Å². The number of hydrogen-bond acceptors (Lipinski definition) is 3. The van der Waals surface area contributed by atoms with Gasteiger partial charge >= 0.3 is 6.09 Å². The van der Waals surface area contributed by atoms with Crippen molar-refractivity contribution in [1.29, 1.82) is 0 Å². The normalized spacial score (nSPS) is 14.5. The Balaban J connectivity index is 1.72. The predicted octanol–water partition coefficient (Wildman–Crippen LogP) is 3.22. The van der Waals surface area contributed by atoms with E-state index in [0.717, 1.165) is 13.0 Å². The first kappa shape index (κ1) is 15.6. The summed E-state index contributed by atoms with van der Waals surface area (Å²) in [4.78, 5) is 18.1. The zero-order valence-electron chi connectivity index (χ0n) is 14.0. The summed E-state index contributed by atoms with van der Waals surface area (Å²) in [7, 11) is 0. The van der Waals surface area contributed by atoms with Crippen molar-refractivity contribution in [3.8, 4) is 0 Å². The predicted molar refractivity (Wildman–Crippen MR) is 88.1 cm³/mol. The third-order valence-corrected chi connectivity index (χ3v) is 3.86. The molecule has 0 bridgehead atoms. The highest BCUT2D eigenvalue weighted by Gasteiger charge is 2.25. The summed E-state index contributed by atoms with van der Waals surface area (Å²) in [5.74, 6) is 0. The van der Waals surface area contributed by atoms with Gasteiger partial charge in [0.1, 0.15) is 5.60 Å². The zero-order valence-corrected chi connectivity index (χ0v) is 14.0. The number of fused-ring (bicyclic) bond motifs is 1. The van der Waals surface area contributed by atoms with Crippen LogP contribution in [0.1, 0.15) is 37.5 Å². The summed E-state index contributed by atoms with van der Waals surface area (Å²) in [6.45, 7) is 7.80. The number of carbonyl (C=O) groups is 1. The molecule has 0 aliphatic carbocycles. The number of hydrogen-bond donors (Lipinski definition) is 0. The van der Waals surface area contributed by atoms with E-state index in [1.165, 1.54) is 16.7 Å². The van der Waals surface area contributed by atoms with Crippen LogP contribution < -0.4 is 0 Å². The molecule has 0 saturated carbocycles. The van der Waals surface area contributed by atoms with Crippen molar-refractivity contribution in [2.24, 2.45) is 0 Å². The average Bonchev–Trinajstić information content (AvgIpc) is 2.97. The molecule has 0 radical (unpaired) electrons. The van der Waals surface area contributed by atoms with E-state index in [9.17, 15) is 4.79 Å². The Morgan fingerprint density at radius 1 is 1.30 bits per heavy atom. The number of nitrogens with zero attached hydrogens (tertiary/aromatic N) is 3. The van der Waals surface area contributed by atoms with E-state index in [0.29, 0.717) is 13.1 Å². The first-order valence-electron chi connectivity index (χ1n) is 7.95. The van der Waals surface area contributed by atoms with Gasteiger partial charge in [-0.1, -0.05) is 18.2 Å². The Bertz CT molecular complexity index is 687. The number of benzene rings is 1. The molecule has 122 valence electrons. The maximum absolute atomic E-state index is 12.3. The first-order chi connectivity index (χ1) is 10.9. The second kappa shape index (κ2) is 6.07. The largest absolute Gasteiger partial charge is 0.444 e. The molecule has 0 N–H and O–H groups in total. The molecule has 0 saturated heterocycles. The highest BCUT2D eigenvalue weighted by molar-refractivity contribution is 5.68. The number of aromatic nitrogens is 2. The van der Waals surface area contributed by atoms with Crippen LogP contribution in [0.25, 0.3) is 0 Å². The lowest BCUT2D eigenvalue weighted by Gasteiger charge is -2.31. The number of ether oxygens (including phenoxy) is 1. The standard InChI is InChI=1S/C18H23N3O2/c1-18(2,3)23-17(22)21-8-6-15-5-4-14(10-16(15)12-21)11-20-9-7-19-13-20/h4-5,7,9-10,13H,6,8,11-12H2,1-3H3. The fraction of sp³-hybridized carbons (Fsp3) is 0.444. The highest BCUT2D eigenvalue weighted by atomic mass is 16.6. The summed E-state index contributed by atoms with van der Waals surface area (Å²) >= 11 is 0. The highest BCUT2D eigenvalue weighted by Crippen LogP contribution is 2.22. The van der Waals surface area contributed by atoms with Gasteiger partial charge in [0.15, 0.2) is 0 Å². The second-order valence-corrected chi connectivity index (χ2v) is 6.99. The van der Waals surface area contributed by atoms with E-state index < -0.39 is 5.60 Å². The number of imidazole rings is 1. The van der Waals surface area contributed by atoms with Crippen LogP contribution in [-0.4, -0.2) is 32.7 Å². The summed E-state index contributed by atoms with van der Waals surface area (Å²) < 4.78 is 7.52. The Labute approximate surface area is 136 Å². The molecule has 1 aromatic carbocycles. The molecular formula is C18H23N3O2. The van der Waals surface area contributed by atoms with Gasteiger partial charge in [-0.15, -0.1) is 0 Å². The molecule has 1 aliphatic heterocycles. The van der Waals surface area contributed by atoms with E-state index in [2.05, 4.69) is 23.2 Å². The Kier molecular flexibility index (Phi) is 4.11. The SMILES string of the molecule is CC(C)(C)OC(=O)N1CCc2ccc(Cn3ccnc3)cc2C1. The minimum atomic E-state index is -0.458. The van der Waals surface area contributed by atoms with Crippen LogP contribution >= 0.6 is 0 Å². The van der Waals surface area contributed by atoms with Crippen LogP contribution in [0.4, 0.5) is 4.79 Å². The van der Waals surface area contributed by atoms with Gasteiger partial charge in [-0.3, -0.25) is 0 Å². The first-order valence-corrected chi connectivity index (χ1v) is 7.95. The molecule has 0 spiro atoms. The van der Waals surface area contributed by atoms with Crippen molar-refractivity contribution in [3.05, 3.63) is 53.6 Å². The lowest BCUT2D eigenvalue weighted by molar-refractivity contribution is 0.0224. The van der Waals surface area contributed by atoms with Crippen molar-refractivity contribution in [3.63, 3.8) is 0 Å². The lowest BCUT2D eigenvalue weighted by Crippen LogP contribution is -2.39. The smallest absolute Gasteiger partial charge is 0.410 e. The van der Waals surface area contributed by atoms with Crippen molar-refractivity contribution < 1.29 is 9.53 Å². The Hall–Kier alpha value is -2.30. The van der Waals surface area contributed by atoms with Crippen molar-refractivity contribution in [2.45, 2.75) is 45.9 Å². The van der Waals surface area contributed by atoms with Gasteiger partial charge in [0, 0.05) is 32.0 Å². The lowest BCUT2D eigenvalue weighted by atomic mass is 9.97. The molecule has 2 aromatic rings. The summed E-state index contributed by atoms with van der Waals surface area (Å²) in [6.07, 6.45) is 6.18. The topological polar surface area (TPSA) is 47.4 Å². The Morgan fingerprint density at radius 2 is 2.13 bits per heavy atom. The van der Waals surface area contributed by atoms with Crippen LogP contribution in [0.3, 0.4) is 0 Å².